The summed E-state index contributed by atoms with van der Waals surface area (Å²) in [5.74, 6) is 1.26. The van der Waals surface area contributed by atoms with Gasteiger partial charge in [-0.2, -0.15) is 0 Å². The van der Waals surface area contributed by atoms with E-state index in [-0.39, 0.29) is 25.3 Å². The summed E-state index contributed by atoms with van der Waals surface area (Å²) in [5, 5.41) is 0. The summed E-state index contributed by atoms with van der Waals surface area (Å²) < 4.78 is 10.8. The number of benzene rings is 3. The highest BCUT2D eigenvalue weighted by atomic mass is 16.7. The van der Waals surface area contributed by atoms with Crippen molar-refractivity contribution in [2.75, 3.05) is 37.9 Å². The molecule has 0 bridgehead atoms. The maximum atomic E-state index is 13.3. The molecule has 0 spiro atoms. The fourth-order valence-electron chi connectivity index (χ4n) is 4.29. The van der Waals surface area contributed by atoms with Gasteiger partial charge in [0.15, 0.2) is 11.5 Å². The highest BCUT2D eigenvalue weighted by molar-refractivity contribution is 5.96. The second kappa shape index (κ2) is 9.87. The van der Waals surface area contributed by atoms with Crippen LogP contribution in [0.15, 0.2) is 78.9 Å². The summed E-state index contributed by atoms with van der Waals surface area (Å²) in [5.41, 5.74) is 2.99. The van der Waals surface area contributed by atoms with Gasteiger partial charge in [0.1, 0.15) is 6.54 Å². The first-order valence-corrected chi connectivity index (χ1v) is 11.5. The summed E-state index contributed by atoms with van der Waals surface area (Å²) in [4.78, 5) is 31.6. The highest BCUT2D eigenvalue weighted by Crippen LogP contribution is 2.36. The molecule has 0 saturated carbocycles. The van der Waals surface area contributed by atoms with Gasteiger partial charge in [-0.15, -0.1) is 0 Å². The number of carbonyl (C=O) groups is 2. The number of anilines is 1. The van der Waals surface area contributed by atoms with Crippen molar-refractivity contribution in [1.82, 2.24) is 9.80 Å². The summed E-state index contributed by atoms with van der Waals surface area (Å²) in [6, 6.07) is 25.4. The van der Waals surface area contributed by atoms with Crippen LogP contribution in [0.5, 0.6) is 11.5 Å². The number of ether oxygens (including phenoxy) is 2. The number of hydrogen-bond donors (Lipinski definition) is 0. The van der Waals surface area contributed by atoms with Crippen LogP contribution in [0.2, 0.25) is 0 Å². The minimum absolute atomic E-state index is 0.0549. The fraction of sp³-hybridized carbons (Fsp3) is 0.259. The van der Waals surface area contributed by atoms with Crippen LogP contribution in [0.4, 0.5) is 10.5 Å². The lowest BCUT2D eigenvalue weighted by Gasteiger charge is -2.26. The van der Waals surface area contributed by atoms with Gasteiger partial charge in [-0.3, -0.25) is 9.69 Å². The molecule has 2 aliphatic heterocycles. The van der Waals surface area contributed by atoms with E-state index >= 15 is 0 Å². The number of nitrogens with zero attached hydrogens (tertiary/aromatic N) is 3. The third kappa shape index (κ3) is 4.83. The van der Waals surface area contributed by atoms with E-state index in [4.69, 9.17) is 9.47 Å². The third-order valence-electron chi connectivity index (χ3n) is 6.17. The van der Waals surface area contributed by atoms with E-state index in [0.29, 0.717) is 37.7 Å². The van der Waals surface area contributed by atoms with Crippen LogP contribution in [0.1, 0.15) is 11.1 Å². The highest BCUT2D eigenvalue weighted by Gasteiger charge is 2.32. The van der Waals surface area contributed by atoms with Crippen molar-refractivity contribution in [1.29, 1.82) is 0 Å². The lowest BCUT2D eigenvalue weighted by Crippen LogP contribution is -2.42. The van der Waals surface area contributed by atoms with Crippen molar-refractivity contribution in [2.45, 2.75) is 13.0 Å². The van der Waals surface area contributed by atoms with E-state index in [1.165, 1.54) is 5.56 Å². The second-order valence-electron chi connectivity index (χ2n) is 8.43. The first kappa shape index (κ1) is 21.8. The summed E-state index contributed by atoms with van der Waals surface area (Å²) in [7, 11) is 0. The molecule has 0 unspecified atom stereocenters. The lowest BCUT2D eigenvalue weighted by atomic mass is 10.1. The average molecular weight is 458 g/mol. The Kier molecular flexibility index (Phi) is 6.33. The van der Waals surface area contributed by atoms with Crippen LogP contribution in [-0.4, -0.2) is 54.7 Å². The van der Waals surface area contributed by atoms with Crippen molar-refractivity contribution in [3.8, 4) is 11.5 Å². The van der Waals surface area contributed by atoms with Crippen LogP contribution in [-0.2, 0) is 17.8 Å². The summed E-state index contributed by atoms with van der Waals surface area (Å²) in [6.07, 6.45) is 0.761. The predicted molar refractivity (Wildman–Crippen MR) is 129 cm³/mol. The van der Waals surface area contributed by atoms with Crippen LogP contribution < -0.4 is 14.4 Å². The van der Waals surface area contributed by atoms with Gasteiger partial charge in [0.05, 0.1) is 0 Å². The Hall–Kier alpha value is -4.00. The zero-order valence-electron chi connectivity index (χ0n) is 18.9. The van der Waals surface area contributed by atoms with Crippen molar-refractivity contribution >= 4 is 17.6 Å². The smallest absolute Gasteiger partial charge is 0.325 e. The van der Waals surface area contributed by atoms with E-state index in [1.807, 2.05) is 71.6 Å². The quantitative estimate of drug-likeness (QED) is 0.514. The molecule has 7 heteroatoms. The monoisotopic (exact) mass is 457 g/mol. The standard InChI is InChI=1S/C27H27N3O4/c31-26(28(18-22-9-5-2-6-10-22)14-13-21-7-3-1-4-8-21)19-29-15-16-30(27(29)32)23-11-12-24-25(17-23)34-20-33-24/h1-12,17H,13-16,18-20H2. The van der Waals surface area contributed by atoms with Gasteiger partial charge in [0.25, 0.3) is 0 Å². The average Bonchev–Trinajstić information content (AvgIpc) is 3.49. The molecule has 0 N–H and O–H groups in total. The topological polar surface area (TPSA) is 62.3 Å². The Balaban J connectivity index is 1.26. The van der Waals surface area contributed by atoms with Crippen molar-refractivity contribution in [3.63, 3.8) is 0 Å². The minimum Gasteiger partial charge on any atom is -0.454 e. The van der Waals surface area contributed by atoms with E-state index in [9.17, 15) is 9.59 Å². The molecule has 0 atom stereocenters. The van der Waals surface area contributed by atoms with Crippen molar-refractivity contribution in [3.05, 3.63) is 90.0 Å². The molecule has 5 rings (SSSR count). The molecule has 3 aromatic rings. The molecular formula is C27H27N3O4. The van der Waals surface area contributed by atoms with Crippen LogP contribution >= 0.6 is 0 Å². The van der Waals surface area contributed by atoms with Gasteiger partial charge >= 0.3 is 6.03 Å². The number of amides is 3. The number of carbonyl (C=O) groups excluding carboxylic acids is 2. The minimum atomic E-state index is -0.171. The molecule has 174 valence electrons. The lowest BCUT2D eigenvalue weighted by molar-refractivity contribution is -0.132. The molecule has 2 heterocycles. The molecule has 2 aliphatic rings. The predicted octanol–water partition coefficient (Wildman–Crippen LogP) is 3.93. The molecule has 0 radical (unpaired) electrons. The van der Waals surface area contributed by atoms with Gasteiger partial charge in [-0.05, 0) is 29.7 Å². The van der Waals surface area contributed by atoms with Crippen LogP contribution in [0.3, 0.4) is 0 Å². The molecule has 7 nitrogen and oxygen atoms in total. The van der Waals surface area contributed by atoms with Crippen LogP contribution in [0.25, 0.3) is 0 Å². The van der Waals surface area contributed by atoms with Gasteiger partial charge in [-0.1, -0.05) is 60.7 Å². The Morgan fingerprint density at radius 3 is 2.32 bits per heavy atom. The van der Waals surface area contributed by atoms with Gasteiger partial charge < -0.3 is 19.3 Å². The summed E-state index contributed by atoms with van der Waals surface area (Å²) in [6.45, 7) is 2.37. The number of rotatable bonds is 8. The zero-order chi connectivity index (χ0) is 23.3. The zero-order valence-corrected chi connectivity index (χ0v) is 18.9. The molecule has 3 amide bonds. The SMILES string of the molecule is O=C(CN1CCN(c2ccc3c(c2)OCO3)C1=O)N(CCc1ccccc1)Cc1ccccc1. The fourth-order valence-corrected chi connectivity index (χ4v) is 4.29. The number of urea groups is 1. The van der Waals surface area contributed by atoms with Gasteiger partial charge in [-0.25, -0.2) is 4.79 Å². The van der Waals surface area contributed by atoms with E-state index < -0.39 is 0 Å². The van der Waals surface area contributed by atoms with E-state index in [2.05, 4.69) is 12.1 Å². The van der Waals surface area contributed by atoms with E-state index in [0.717, 1.165) is 17.7 Å². The molecule has 1 fully saturated rings. The van der Waals surface area contributed by atoms with E-state index in [1.54, 1.807) is 9.80 Å². The number of hydrogen-bond acceptors (Lipinski definition) is 4. The normalized spacial score (nSPS) is 14.5. The third-order valence-corrected chi connectivity index (χ3v) is 6.17. The first-order chi connectivity index (χ1) is 16.7. The Morgan fingerprint density at radius 1 is 0.853 bits per heavy atom. The van der Waals surface area contributed by atoms with Crippen molar-refractivity contribution < 1.29 is 19.1 Å². The number of fused-ring (bicyclic) bond motifs is 1. The van der Waals surface area contributed by atoms with Crippen molar-refractivity contribution in [2.24, 2.45) is 0 Å². The Bertz CT molecular complexity index is 1150. The maximum absolute atomic E-state index is 13.3. The Labute approximate surface area is 199 Å². The molecular weight excluding hydrogens is 430 g/mol. The molecule has 34 heavy (non-hydrogen) atoms. The second-order valence-corrected chi connectivity index (χ2v) is 8.43. The molecule has 3 aromatic carbocycles. The Morgan fingerprint density at radius 2 is 1.56 bits per heavy atom. The maximum Gasteiger partial charge on any atom is 0.325 e. The molecule has 0 aliphatic carbocycles. The molecule has 1 saturated heterocycles. The summed E-state index contributed by atoms with van der Waals surface area (Å²) >= 11 is 0. The first-order valence-electron chi connectivity index (χ1n) is 11.5. The van der Waals surface area contributed by atoms with Gasteiger partial charge in [0, 0.05) is 37.9 Å². The largest absolute Gasteiger partial charge is 0.454 e. The molecule has 0 aromatic heterocycles. The van der Waals surface area contributed by atoms with Gasteiger partial charge in [0.2, 0.25) is 12.7 Å². The van der Waals surface area contributed by atoms with Crippen LogP contribution in [0, 0.1) is 0 Å².